The topological polar surface area (TPSA) is 35.6 Å². The smallest absolute Gasteiger partial charge is 0.238 e. The number of benzene rings is 2. The molecule has 4 nitrogen and oxygen atoms in total. The highest BCUT2D eigenvalue weighted by atomic mass is 19.1. The van der Waals surface area contributed by atoms with Gasteiger partial charge >= 0.3 is 0 Å². The molecule has 0 radical (unpaired) electrons. The average Bonchev–Trinajstić information content (AvgIpc) is 2.59. The quantitative estimate of drug-likeness (QED) is 0.922. The molecule has 0 aromatic heterocycles. The molecule has 1 heterocycles. The first-order chi connectivity index (χ1) is 12.0. The zero-order valence-corrected chi connectivity index (χ0v) is 13.5. The molecule has 0 saturated carbocycles. The summed E-state index contributed by atoms with van der Waals surface area (Å²) in [6, 6.07) is 9.23. The van der Waals surface area contributed by atoms with Crippen LogP contribution in [-0.4, -0.2) is 43.5 Å². The van der Waals surface area contributed by atoms with Gasteiger partial charge in [-0.1, -0.05) is 0 Å². The zero-order valence-electron chi connectivity index (χ0n) is 13.5. The monoisotopic (exact) mass is 349 g/mol. The number of rotatable bonds is 4. The van der Waals surface area contributed by atoms with Crippen molar-refractivity contribution >= 4 is 17.3 Å². The van der Waals surface area contributed by atoms with E-state index in [1.54, 1.807) is 12.1 Å². The van der Waals surface area contributed by atoms with Gasteiger partial charge in [-0.2, -0.15) is 0 Å². The SMILES string of the molecule is O=C(CN1CCN(c2ccc(F)cc2)CC1)Nc1cc(F)ccc1F. The van der Waals surface area contributed by atoms with Crippen molar-refractivity contribution in [3.8, 4) is 0 Å². The summed E-state index contributed by atoms with van der Waals surface area (Å²) < 4.78 is 39.6. The van der Waals surface area contributed by atoms with Gasteiger partial charge in [0.1, 0.15) is 17.5 Å². The first-order valence-corrected chi connectivity index (χ1v) is 7.99. The standard InChI is InChI=1S/C18H18F3N3O/c19-13-1-4-15(5-2-13)24-9-7-23(8-10-24)12-18(25)22-17-11-14(20)3-6-16(17)21/h1-6,11H,7-10,12H2,(H,22,25). The van der Waals surface area contributed by atoms with Crippen LogP contribution in [0.5, 0.6) is 0 Å². The second-order valence-corrected chi connectivity index (χ2v) is 5.91. The zero-order chi connectivity index (χ0) is 17.8. The van der Waals surface area contributed by atoms with Crippen molar-refractivity contribution in [3.63, 3.8) is 0 Å². The predicted octanol–water partition coefficient (Wildman–Crippen LogP) is 2.86. The molecule has 132 valence electrons. The lowest BCUT2D eigenvalue weighted by atomic mass is 10.2. The molecule has 1 saturated heterocycles. The Hall–Kier alpha value is -2.54. The molecule has 0 aliphatic carbocycles. The number of hydrogen-bond donors (Lipinski definition) is 1. The van der Waals surface area contributed by atoms with Crippen LogP contribution in [0.4, 0.5) is 24.5 Å². The lowest BCUT2D eigenvalue weighted by Crippen LogP contribution is -2.48. The van der Waals surface area contributed by atoms with Crippen molar-refractivity contribution in [3.05, 3.63) is 59.9 Å². The number of anilines is 2. The number of hydrogen-bond acceptors (Lipinski definition) is 3. The van der Waals surface area contributed by atoms with Gasteiger partial charge in [0.15, 0.2) is 0 Å². The van der Waals surface area contributed by atoms with Gasteiger partial charge in [0.2, 0.25) is 5.91 Å². The van der Waals surface area contributed by atoms with Gasteiger partial charge in [0.05, 0.1) is 12.2 Å². The lowest BCUT2D eigenvalue weighted by Gasteiger charge is -2.35. The molecule has 1 aliphatic rings. The van der Waals surface area contributed by atoms with E-state index in [4.69, 9.17) is 0 Å². The summed E-state index contributed by atoms with van der Waals surface area (Å²) in [5.74, 6) is -1.94. The van der Waals surface area contributed by atoms with Gasteiger partial charge in [-0.05, 0) is 36.4 Å². The third-order valence-electron chi connectivity index (χ3n) is 4.13. The Balaban J connectivity index is 1.51. The molecule has 1 amide bonds. The summed E-state index contributed by atoms with van der Waals surface area (Å²) in [7, 11) is 0. The number of amides is 1. The maximum absolute atomic E-state index is 13.5. The first kappa shape index (κ1) is 17.3. The maximum Gasteiger partial charge on any atom is 0.238 e. The van der Waals surface area contributed by atoms with E-state index in [1.807, 2.05) is 4.90 Å². The fraction of sp³-hybridized carbons (Fsp3) is 0.278. The van der Waals surface area contributed by atoms with Crippen LogP contribution in [0.2, 0.25) is 0 Å². The summed E-state index contributed by atoms with van der Waals surface area (Å²) in [5, 5.41) is 2.40. The van der Waals surface area contributed by atoms with Gasteiger partial charge in [-0.15, -0.1) is 0 Å². The summed E-state index contributed by atoms with van der Waals surface area (Å²) in [5.41, 5.74) is 0.780. The van der Waals surface area contributed by atoms with E-state index < -0.39 is 11.6 Å². The largest absolute Gasteiger partial charge is 0.369 e. The van der Waals surface area contributed by atoms with E-state index in [0.29, 0.717) is 26.2 Å². The van der Waals surface area contributed by atoms with E-state index in [2.05, 4.69) is 10.2 Å². The number of nitrogens with one attached hydrogen (secondary N) is 1. The minimum Gasteiger partial charge on any atom is -0.369 e. The number of piperazine rings is 1. The molecule has 0 atom stereocenters. The van der Waals surface area contributed by atoms with E-state index in [9.17, 15) is 18.0 Å². The fourth-order valence-electron chi connectivity index (χ4n) is 2.80. The van der Waals surface area contributed by atoms with Gasteiger partial charge in [0.25, 0.3) is 0 Å². The van der Waals surface area contributed by atoms with Crippen molar-refractivity contribution in [2.45, 2.75) is 0 Å². The van der Waals surface area contributed by atoms with Crippen LogP contribution in [0, 0.1) is 17.5 Å². The molecule has 1 fully saturated rings. The molecular formula is C18H18F3N3O. The molecule has 1 aliphatic heterocycles. The molecule has 1 N–H and O–H groups in total. The van der Waals surface area contributed by atoms with Crippen molar-refractivity contribution < 1.29 is 18.0 Å². The van der Waals surface area contributed by atoms with Gasteiger partial charge < -0.3 is 10.2 Å². The average molecular weight is 349 g/mol. The van der Waals surface area contributed by atoms with E-state index in [-0.39, 0.29) is 24.0 Å². The third-order valence-corrected chi connectivity index (χ3v) is 4.13. The summed E-state index contributed by atoms with van der Waals surface area (Å²) in [4.78, 5) is 16.1. The minimum absolute atomic E-state index is 0.104. The van der Waals surface area contributed by atoms with Crippen molar-refractivity contribution in [2.75, 3.05) is 42.9 Å². The molecule has 3 rings (SSSR count). The number of halogens is 3. The highest BCUT2D eigenvalue weighted by Crippen LogP contribution is 2.18. The lowest BCUT2D eigenvalue weighted by molar-refractivity contribution is -0.117. The number of carbonyl (C=O) groups is 1. The van der Waals surface area contributed by atoms with E-state index >= 15 is 0 Å². The third kappa shape index (κ3) is 4.51. The molecule has 7 heteroatoms. The van der Waals surface area contributed by atoms with Crippen LogP contribution in [0.3, 0.4) is 0 Å². The second-order valence-electron chi connectivity index (χ2n) is 5.91. The highest BCUT2D eigenvalue weighted by Gasteiger charge is 2.20. The van der Waals surface area contributed by atoms with E-state index in [1.165, 1.54) is 12.1 Å². The molecule has 0 bridgehead atoms. The summed E-state index contributed by atoms with van der Waals surface area (Å²) >= 11 is 0. The van der Waals surface area contributed by atoms with Crippen LogP contribution in [0.1, 0.15) is 0 Å². The molecule has 0 unspecified atom stereocenters. The molecule has 25 heavy (non-hydrogen) atoms. The fourth-order valence-corrected chi connectivity index (χ4v) is 2.80. The van der Waals surface area contributed by atoms with Gasteiger partial charge in [-0.3, -0.25) is 9.69 Å². The molecule has 2 aromatic carbocycles. The van der Waals surface area contributed by atoms with Crippen LogP contribution in [0.25, 0.3) is 0 Å². The Kier molecular flexibility index (Phi) is 5.23. The Morgan fingerprint density at radius 1 is 0.920 bits per heavy atom. The first-order valence-electron chi connectivity index (χ1n) is 7.99. The van der Waals surface area contributed by atoms with Crippen LogP contribution in [0.15, 0.2) is 42.5 Å². The predicted molar refractivity (Wildman–Crippen MR) is 90.0 cm³/mol. The minimum atomic E-state index is -0.670. The van der Waals surface area contributed by atoms with Crippen LogP contribution in [-0.2, 0) is 4.79 Å². The van der Waals surface area contributed by atoms with Gasteiger partial charge in [-0.25, -0.2) is 13.2 Å². The maximum atomic E-state index is 13.5. The van der Waals surface area contributed by atoms with Crippen molar-refractivity contribution in [2.24, 2.45) is 0 Å². The van der Waals surface area contributed by atoms with Gasteiger partial charge in [0, 0.05) is 37.9 Å². The Bertz CT molecular complexity index is 744. The number of carbonyl (C=O) groups excluding carboxylic acids is 1. The Labute approximate surface area is 143 Å². The van der Waals surface area contributed by atoms with E-state index in [0.717, 1.165) is 23.9 Å². The molecule has 2 aromatic rings. The van der Waals surface area contributed by atoms with Crippen LogP contribution < -0.4 is 10.2 Å². The normalized spacial score (nSPS) is 15.2. The Morgan fingerprint density at radius 2 is 1.56 bits per heavy atom. The molecule has 0 spiro atoms. The summed E-state index contributed by atoms with van der Waals surface area (Å²) in [6.45, 7) is 2.81. The second kappa shape index (κ2) is 7.57. The Morgan fingerprint density at radius 3 is 2.24 bits per heavy atom. The summed E-state index contributed by atoms with van der Waals surface area (Å²) in [6.07, 6.45) is 0. The molecular weight excluding hydrogens is 331 g/mol. The van der Waals surface area contributed by atoms with Crippen molar-refractivity contribution in [1.29, 1.82) is 0 Å². The van der Waals surface area contributed by atoms with Crippen molar-refractivity contribution in [1.82, 2.24) is 4.90 Å². The van der Waals surface area contributed by atoms with Crippen LogP contribution >= 0.6 is 0 Å². The highest BCUT2D eigenvalue weighted by molar-refractivity contribution is 5.92. The number of nitrogens with zero attached hydrogens (tertiary/aromatic N) is 2.